The molecule has 1 aromatic rings. The van der Waals surface area contributed by atoms with Crippen molar-refractivity contribution in [1.82, 2.24) is 4.90 Å². The molecule has 1 amide bonds. The number of rotatable bonds is 6. The fourth-order valence-corrected chi connectivity index (χ4v) is 3.15. The van der Waals surface area contributed by atoms with Gasteiger partial charge in [0.25, 0.3) is 5.91 Å². The van der Waals surface area contributed by atoms with Gasteiger partial charge in [0.15, 0.2) is 0 Å². The number of nitrogens with zero attached hydrogens (tertiary/aromatic N) is 1. The molecule has 0 aliphatic heterocycles. The molecule has 0 heterocycles. The van der Waals surface area contributed by atoms with Crippen LogP contribution >= 0.6 is 0 Å². The van der Waals surface area contributed by atoms with Gasteiger partial charge in [-0.05, 0) is 56.2 Å². The van der Waals surface area contributed by atoms with E-state index in [9.17, 15) is 4.79 Å². The van der Waals surface area contributed by atoms with Crippen LogP contribution in [0.2, 0.25) is 0 Å². The van der Waals surface area contributed by atoms with Crippen LogP contribution in [0.15, 0.2) is 24.3 Å². The molecule has 0 N–H and O–H groups in total. The number of benzene rings is 1. The Labute approximate surface area is 139 Å². The van der Waals surface area contributed by atoms with Crippen molar-refractivity contribution < 1.29 is 14.3 Å². The lowest BCUT2D eigenvalue weighted by Crippen LogP contribution is -2.44. The Kier molecular flexibility index (Phi) is 6.46. The first kappa shape index (κ1) is 17.8. The zero-order chi connectivity index (χ0) is 16.8. The molecule has 0 saturated heterocycles. The van der Waals surface area contributed by atoms with Crippen molar-refractivity contribution in [3.05, 3.63) is 29.8 Å². The summed E-state index contributed by atoms with van der Waals surface area (Å²) in [6, 6.07) is 8.10. The van der Waals surface area contributed by atoms with Crippen molar-refractivity contribution >= 4 is 5.91 Å². The van der Waals surface area contributed by atoms with Gasteiger partial charge >= 0.3 is 0 Å². The SMILES string of the molecule is COc1cccc(COC(C)C(=O)N(C)C2CCC(C)CC2)c1. The molecular formula is C19H29NO3. The minimum atomic E-state index is -0.425. The van der Waals surface area contributed by atoms with Crippen molar-refractivity contribution in [3.63, 3.8) is 0 Å². The molecule has 23 heavy (non-hydrogen) atoms. The van der Waals surface area contributed by atoms with Crippen LogP contribution in [0.25, 0.3) is 0 Å². The maximum atomic E-state index is 12.5. The quantitative estimate of drug-likeness (QED) is 0.803. The molecule has 4 heteroatoms. The molecule has 0 bridgehead atoms. The van der Waals surface area contributed by atoms with Gasteiger partial charge in [0.2, 0.25) is 0 Å². The number of methoxy groups -OCH3 is 1. The van der Waals surface area contributed by atoms with E-state index in [1.54, 1.807) is 7.11 Å². The molecule has 0 radical (unpaired) electrons. The summed E-state index contributed by atoms with van der Waals surface area (Å²) >= 11 is 0. The molecule has 2 rings (SSSR count). The lowest BCUT2D eigenvalue weighted by Gasteiger charge is -2.34. The summed E-state index contributed by atoms with van der Waals surface area (Å²) in [6.45, 7) is 4.54. The van der Waals surface area contributed by atoms with Gasteiger partial charge in [-0.2, -0.15) is 0 Å². The largest absolute Gasteiger partial charge is 0.497 e. The number of carbonyl (C=O) groups is 1. The molecule has 0 spiro atoms. The number of hydrogen-bond donors (Lipinski definition) is 0. The van der Waals surface area contributed by atoms with E-state index in [0.717, 1.165) is 30.1 Å². The monoisotopic (exact) mass is 319 g/mol. The van der Waals surface area contributed by atoms with Crippen LogP contribution in [0.1, 0.15) is 45.1 Å². The van der Waals surface area contributed by atoms with Crippen LogP contribution in [-0.2, 0) is 16.1 Å². The average Bonchev–Trinajstić information content (AvgIpc) is 2.59. The predicted octanol–water partition coefficient (Wildman–Crippen LogP) is 3.64. The lowest BCUT2D eigenvalue weighted by molar-refractivity contribution is -0.145. The van der Waals surface area contributed by atoms with E-state index in [1.165, 1.54) is 12.8 Å². The van der Waals surface area contributed by atoms with Crippen LogP contribution in [0.5, 0.6) is 5.75 Å². The summed E-state index contributed by atoms with van der Waals surface area (Å²) < 4.78 is 11.0. The molecule has 1 unspecified atom stereocenters. The second kappa shape index (κ2) is 8.34. The van der Waals surface area contributed by atoms with Crippen molar-refractivity contribution in [3.8, 4) is 5.75 Å². The predicted molar refractivity (Wildman–Crippen MR) is 91.4 cm³/mol. The van der Waals surface area contributed by atoms with Crippen LogP contribution in [0, 0.1) is 5.92 Å². The van der Waals surface area contributed by atoms with E-state index in [4.69, 9.17) is 9.47 Å². The number of ether oxygens (including phenoxy) is 2. The van der Waals surface area contributed by atoms with Crippen molar-refractivity contribution in [2.24, 2.45) is 5.92 Å². The van der Waals surface area contributed by atoms with Gasteiger partial charge < -0.3 is 14.4 Å². The summed E-state index contributed by atoms with van der Waals surface area (Å²) in [5.41, 5.74) is 1.01. The van der Waals surface area contributed by atoms with Gasteiger partial charge in [0, 0.05) is 13.1 Å². The highest BCUT2D eigenvalue weighted by atomic mass is 16.5. The van der Waals surface area contributed by atoms with E-state index in [1.807, 2.05) is 43.1 Å². The fourth-order valence-electron chi connectivity index (χ4n) is 3.15. The third-order valence-electron chi connectivity index (χ3n) is 4.86. The maximum absolute atomic E-state index is 12.5. The first-order chi connectivity index (χ1) is 11.0. The van der Waals surface area contributed by atoms with Gasteiger partial charge in [-0.15, -0.1) is 0 Å². The summed E-state index contributed by atoms with van der Waals surface area (Å²) in [6.07, 6.45) is 4.20. The first-order valence-corrected chi connectivity index (χ1v) is 8.52. The highest BCUT2D eigenvalue weighted by Gasteiger charge is 2.27. The van der Waals surface area contributed by atoms with Crippen LogP contribution in [-0.4, -0.2) is 37.1 Å². The van der Waals surface area contributed by atoms with Crippen molar-refractivity contribution in [2.75, 3.05) is 14.2 Å². The molecule has 1 aromatic carbocycles. The Hall–Kier alpha value is -1.55. The van der Waals surface area contributed by atoms with E-state index >= 15 is 0 Å². The molecule has 1 aliphatic rings. The standard InChI is InChI=1S/C19H29NO3/c1-14-8-10-17(11-9-14)20(3)19(21)15(2)23-13-16-6-5-7-18(12-16)22-4/h5-7,12,14-15,17H,8-11,13H2,1-4H3. The highest BCUT2D eigenvalue weighted by molar-refractivity contribution is 5.80. The molecule has 1 atom stereocenters. The third-order valence-corrected chi connectivity index (χ3v) is 4.86. The molecule has 1 aliphatic carbocycles. The maximum Gasteiger partial charge on any atom is 0.251 e. The molecular weight excluding hydrogens is 290 g/mol. The average molecular weight is 319 g/mol. The Morgan fingerprint density at radius 2 is 2.00 bits per heavy atom. The van der Waals surface area contributed by atoms with Gasteiger partial charge in [0.1, 0.15) is 11.9 Å². The van der Waals surface area contributed by atoms with Crippen LogP contribution in [0.3, 0.4) is 0 Å². The van der Waals surface area contributed by atoms with Crippen molar-refractivity contribution in [1.29, 1.82) is 0 Å². The van der Waals surface area contributed by atoms with Crippen LogP contribution < -0.4 is 4.74 Å². The van der Waals surface area contributed by atoms with Gasteiger partial charge in [-0.1, -0.05) is 19.1 Å². The van der Waals surface area contributed by atoms with Crippen LogP contribution in [0.4, 0.5) is 0 Å². The Morgan fingerprint density at radius 1 is 1.30 bits per heavy atom. The van der Waals surface area contributed by atoms with E-state index < -0.39 is 6.10 Å². The topological polar surface area (TPSA) is 38.8 Å². The minimum Gasteiger partial charge on any atom is -0.497 e. The number of carbonyl (C=O) groups excluding carboxylic acids is 1. The minimum absolute atomic E-state index is 0.0763. The van der Waals surface area contributed by atoms with Gasteiger partial charge in [-0.25, -0.2) is 0 Å². The normalized spacial score (nSPS) is 22.4. The summed E-state index contributed by atoms with van der Waals surface area (Å²) in [5.74, 6) is 1.67. The Balaban J connectivity index is 1.84. The van der Waals surface area contributed by atoms with E-state index in [0.29, 0.717) is 12.6 Å². The van der Waals surface area contributed by atoms with Crippen molar-refractivity contribution in [2.45, 2.75) is 58.3 Å². The number of amides is 1. The lowest BCUT2D eigenvalue weighted by atomic mass is 9.86. The second-order valence-corrected chi connectivity index (χ2v) is 6.67. The Morgan fingerprint density at radius 3 is 2.65 bits per heavy atom. The summed E-state index contributed by atoms with van der Waals surface area (Å²) in [7, 11) is 3.56. The smallest absolute Gasteiger partial charge is 0.251 e. The van der Waals surface area contributed by atoms with Gasteiger partial charge in [0.05, 0.1) is 13.7 Å². The Bertz CT molecular complexity index is 509. The summed E-state index contributed by atoms with van der Waals surface area (Å²) in [5, 5.41) is 0. The summed E-state index contributed by atoms with van der Waals surface area (Å²) in [4.78, 5) is 14.4. The van der Waals surface area contributed by atoms with Gasteiger partial charge in [-0.3, -0.25) is 4.79 Å². The third kappa shape index (κ3) is 4.96. The molecule has 0 aromatic heterocycles. The fraction of sp³-hybridized carbons (Fsp3) is 0.632. The molecule has 1 fully saturated rings. The zero-order valence-corrected chi connectivity index (χ0v) is 14.7. The molecule has 128 valence electrons. The molecule has 4 nitrogen and oxygen atoms in total. The highest BCUT2D eigenvalue weighted by Crippen LogP contribution is 2.27. The number of hydrogen-bond acceptors (Lipinski definition) is 3. The van der Waals surface area contributed by atoms with E-state index in [2.05, 4.69) is 6.92 Å². The van der Waals surface area contributed by atoms with E-state index in [-0.39, 0.29) is 5.91 Å². The first-order valence-electron chi connectivity index (χ1n) is 8.52. The molecule has 1 saturated carbocycles. The zero-order valence-electron chi connectivity index (χ0n) is 14.7. The number of likely N-dealkylation sites (N-methyl/N-ethyl adjacent to an activating group) is 1. The second-order valence-electron chi connectivity index (χ2n) is 6.67.